The van der Waals surface area contributed by atoms with E-state index < -0.39 is 32.3 Å². The van der Waals surface area contributed by atoms with Gasteiger partial charge in [-0.05, 0) is 34.2 Å². The number of hydrogen-bond acceptors (Lipinski definition) is 0. The summed E-state index contributed by atoms with van der Waals surface area (Å²) in [6.45, 7) is 34.1. The van der Waals surface area contributed by atoms with Crippen LogP contribution in [0.2, 0.25) is 78.6 Å². The Balaban J connectivity index is 0.00000261. The molecule has 1 unspecified atom stereocenters. The molecule has 0 aromatic heterocycles. The topological polar surface area (TPSA) is 0 Å². The Bertz CT molecular complexity index is 2040. The van der Waals surface area contributed by atoms with Crippen LogP contribution in [0.3, 0.4) is 0 Å². The predicted octanol–water partition coefficient (Wildman–Crippen LogP) is 11.4. The molecule has 6 heteroatoms. The van der Waals surface area contributed by atoms with Gasteiger partial charge in [0, 0.05) is 5.92 Å². The van der Waals surface area contributed by atoms with Crippen LogP contribution in [0.15, 0.2) is 90.1 Å². The first kappa shape index (κ1) is 46.6. The van der Waals surface area contributed by atoms with Crippen LogP contribution in [-0.4, -0.2) is 41.8 Å². The van der Waals surface area contributed by atoms with Gasteiger partial charge >= 0.3 is 25.8 Å². The van der Waals surface area contributed by atoms with Crippen LogP contribution < -0.4 is 25.9 Å². The Morgan fingerprint density at radius 2 is 1.07 bits per heavy atom. The van der Waals surface area contributed by atoms with E-state index in [4.69, 9.17) is 0 Å². The minimum absolute atomic E-state index is 0. The third-order valence-corrected chi connectivity index (χ3v) is 20.4. The van der Waals surface area contributed by atoms with Crippen molar-refractivity contribution in [1.29, 1.82) is 0 Å². The van der Waals surface area contributed by atoms with Gasteiger partial charge in [0.1, 0.15) is 0 Å². The first-order chi connectivity index (χ1) is 23.7. The van der Waals surface area contributed by atoms with Crippen molar-refractivity contribution in [2.75, 3.05) is 0 Å². The number of allylic oxidation sites excluding steroid dienone is 1. The van der Waals surface area contributed by atoms with Crippen molar-refractivity contribution in [3.05, 3.63) is 123 Å². The zero-order chi connectivity index (χ0) is 37.1. The average Bonchev–Trinajstić information content (AvgIpc) is 3.62. The summed E-state index contributed by atoms with van der Waals surface area (Å²) in [5.74, 6) is 0.460. The molecule has 282 valence electrons. The van der Waals surface area contributed by atoms with E-state index >= 15 is 0 Å². The van der Waals surface area contributed by atoms with E-state index in [9.17, 15) is 0 Å². The van der Waals surface area contributed by atoms with E-state index in [0.29, 0.717) is 15.4 Å². The molecular weight excluding hydrogens is 895 g/mol. The average molecular weight is 962 g/mol. The summed E-state index contributed by atoms with van der Waals surface area (Å²) in [7, 11) is -5.30. The van der Waals surface area contributed by atoms with Gasteiger partial charge in [-0.2, -0.15) is 12.5 Å². The maximum atomic E-state index is 4.25. The first-order valence-corrected chi connectivity index (χ1v) is 34.2. The van der Waals surface area contributed by atoms with Crippen LogP contribution in [0.4, 0.5) is 0 Å². The van der Waals surface area contributed by atoms with Gasteiger partial charge in [0.25, 0.3) is 0 Å². The van der Waals surface area contributed by atoms with Crippen molar-refractivity contribution in [3.8, 4) is 22.3 Å². The molecule has 0 fully saturated rings. The van der Waals surface area contributed by atoms with Crippen molar-refractivity contribution in [3.63, 3.8) is 0 Å². The van der Waals surface area contributed by atoms with Crippen molar-refractivity contribution in [2.45, 2.75) is 104 Å². The van der Waals surface area contributed by atoms with Gasteiger partial charge < -0.3 is 21.8 Å². The number of fused-ring (bicyclic) bond motifs is 2. The number of hydrogen-bond donors (Lipinski definition) is 0. The van der Waals surface area contributed by atoms with Gasteiger partial charge in [0.15, 0.2) is 0 Å². The summed E-state index contributed by atoms with van der Waals surface area (Å²) in [6.07, 6.45) is 5.91. The van der Waals surface area contributed by atoms with E-state index in [-0.39, 0.29) is 40.7 Å². The van der Waals surface area contributed by atoms with Crippen molar-refractivity contribution < 1.29 is 25.8 Å². The third-order valence-electron chi connectivity index (χ3n) is 10.9. The second-order valence-electron chi connectivity index (χ2n) is 19.2. The second-order valence-corrected chi connectivity index (χ2v) is 40.9. The van der Waals surface area contributed by atoms with Gasteiger partial charge in [-0.1, -0.05) is 183 Å². The van der Waals surface area contributed by atoms with Gasteiger partial charge in [0.05, 0.1) is 41.8 Å². The summed E-state index contributed by atoms with van der Waals surface area (Å²) in [5.41, 5.74) is 8.62. The molecule has 6 rings (SSSR count). The van der Waals surface area contributed by atoms with Crippen LogP contribution in [-0.2, 0) is 25.8 Å². The molecule has 1 aliphatic rings. The SMILES string of the molecule is [CH2-]CCCC1C([Si]c2cc3c(-c4cc([Si](C)(C)C)cc([Si](C)(C)C)c4)cccc3[cH-]2)=Cc2c(-c3cc([Si](C)(C)C)cc([Si](C)(C)C)c3)cccc21.[CH3-].[CH3-].[Hf+4]. The molecule has 5 aromatic carbocycles. The Morgan fingerprint density at radius 3 is 1.56 bits per heavy atom. The quantitative estimate of drug-likeness (QED) is 0.0914. The normalized spacial score (nSPS) is 14.5. The van der Waals surface area contributed by atoms with Gasteiger partial charge in [-0.25, -0.2) is 0 Å². The molecule has 0 bridgehead atoms. The molecule has 0 heterocycles. The maximum Gasteiger partial charge on any atom is 4.00 e. The van der Waals surface area contributed by atoms with Crippen LogP contribution in [0.5, 0.6) is 0 Å². The van der Waals surface area contributed by atoms with Gasteiger partial charge in [-0.15, -0.1) is 34.2 Å². The van der Waals surface area contributed by atoms with E-state index in [1.54, 1.807) is 25.9 Å². The Kier molecular flexibility index (Phi) is 15.0. The number of rotatable bonds is 11. The molecule has 0 spiro atoms. The standard InChI is InChI=1S/C46H60Si5.2CH3.Hf/c1-14-15-19-43-42-22-17-21-41(34-26-38(50(8,9)10)30-39(27-34)51(11,12)13)45(42)31-46(43)47-35-23-32-18-16-20-40(44(32)28-35)33-24-36(48(2,3)4)29-37(25-33)49(5,6)7;;;/h16-18,20-31,43H,1,14-15,19H2,2-13H3;2*1H3;/q-2;2*-1;+4. The molecule has 0 N–H and O–H groups in total. The van der Waals surface area contributed by atoms with Crippen LogP contribution >= 0.6 is 0 Å². The summed E-state index contributed by atoms with van der Waals surface area (Å²) in [6, 6.07) is 34.4. The van der Waals surface area contributed by atoms with E-state index in [0.717, 1.165) is 12.8 Å². The molecule has 0 saturated carbocycles. The summed E-state index contributed by atoms with van der Waals surface area (Å²) < 4.78 is 0. The van der Waals surface area contributed by atoms with Crippen molar-refractivity contribution >= 4 is 84.6 Å². The van der Waals surface area contributed by atoms with Crippen molar-refractivity contribution in [1.82, 2.24) is 0 Å². The Morgan fingerprint density at radius 1 is 0.611 bits per heavy atom. The monoisotopic (exact) mass is 962 g/mol. The Hall–Kier alpha value is -1.82. The Labute approximate surface area is 356 Å². The third kappa shape index (κ3) is 10.00. The molecule has 54 heavy (non-hydrogen) atoms. The second kappa shape index (κ2) is 17.4. The molecule has 5 aromatic rings. The number of benzene rings is 4. The fourth-order valence-corrected chi connectivity index (χ4v) is 14.0. The van der Waals surface area contributed by atoms with E-state index in [2.05, 4.69) is 176 Å². The fraction of sp³-hybridized carbons (Fsp3) is 0.333. The zero-order valence-electron chi connectivity index (χ0n) is 36.1. The van der Waals surface area contributed by atoms with Crippen molar-refractivity contribution in [2.24, 2.45) is 0 Å². The minimum Gasteiger partial charge on any atom is -0.358 e. The van der Waals surface area contributed by atoms with Gasteiger partial charge in [-0.3, -0.25) is 0 Å². The molecule has 1 aliphatic carbocycles. The fourth-order valence-electron chi connectivity index (χ4n) is 7.53. The molecular formula is C48H66HfSi5. The minimum atomic E-state index is -1.50. The maximum absolute atomic E-state index is 4.25. The summed E-state index contributed by atoms with van der Waals surface area (Å²) in [5, 5.41) is 12.2. The molecule has 0 saturated heterocycles. The molecule has 0 amide bonds. The summed E-state index contributed by atoms with van der Waals surface area (Å²) in [4.78, 5) is 0. The van der Waals surface area contributed by atoms with E-state index in [1.807, 2.05) is 0 Å². The summed E-state index contributed by atoms with van der Waals surface area (Å²) >= 11 is 0. The van der Waals surface area contributed by atoms with E-state index in [1.165, 1.54) is 55.8 Å². The number of unbranched alkanes of at least 4 members (excludes halogenated alkanes) is 1. The van der Waals surface area contributed by atoms with Crippen LogP contribution in [0.25, 0.3) is 39.1 Å². The zero-order valence-corrected chi connectivity index (χ0v) is 44.7. The molecule has 0 nitrogen and oxygen atoms in total. The smallest absolute Gasteiger partial charge is 0.358 e. The van der Waals surface area contributed by atoms with Crippen LogP contribution in [0.1, 0.15) is 36.3 Å². The largest absolute Gasteiger partial charge is 4.00 e. The molecule has 2 radical (unpaired) electrons. The molecule has 0 aliphatic heterocycles. The van der Waals surface area contributed by atoms with Crippen LogP contribution in [0, 0.1) is 21.8 Å². The molecule has 1 atom stereocenters. The van der Waals surface area contributed by atoms with Gasteiger partial charge in [0.2, 0.25) is 0 Å². The predicted molar refractivity (Wildman–Crippen MR) is 257 cm³/mol. The first-order valence-electron chi connectivity index (χ1n) is 19.2.